The minimum Gasteiger partial charge on any atom is -0.326 e. The van der Waals surface area contributed by atoms with Gasteiger partial charge in [-0.15, -0.1) is 0 Å². The van der Waals surface area contributed by atoms with E-state index in [1.54, 1.807) is 0 Å². The highest BCUT2D eigenvalue weighted by Gasteiger charge is 1.99. The van der Waals surface area contributed by atoms with Crippen LogP contribution in [0, 0.1) is 3.57 Å². The lowest BCUT2D eigenvalue weighted by Gasteiger charge is -2.05. The van der Waals surface area contributed by atoms with Gasteiger partial charge in [-0.3, -0.25) is 4.79 Å². The Morgan fingerprint density at radius 3 is 2.38 bits per heavy atom. The Labute approximate surface area is 91.2 Å². The fraction of sp³-hybridized carbons (Fsp3) is 0.100. The molecular formula is C10H10INO. The predicted molar refractivity (Wildman–Crippen MR) is 62.0 cm³/mol. The molecule has 0 aliphatic carbocycles. The van der Waals surface area contributed by atoms with Gasteiger partial charge in [-0.2, -0.15) is 0 Å². The first-order chi connectivity index (χ1) is 6.09. The van der Waals surface area contributed by atoms with Gasteiger partial charge in [-0.1, -0.05) is 18.7 Å². The quantitative estimate of drug-likeness (QED) is 0.831. The molecule has 0 aliphatic rings. The van der Waals surface area contributed by atoms with Gasteiger partial charge in [0.15, 0.2) is 0 Å². The second-order valence-electron chi connectivity index (χ2n) is 2.67. The van der Waals surface area contributed by atoms with Crippen molar-refractivity contribution in [2.45, 2.75) is 6.92 Å². The molecule has 0 radical (unpaired) electrons. The molecule has 1 amide bonds. The van der Waals surface area contributed by atoms with E-state index in [1.165, 1.54) is 6.92 Å². The number of rotatable bonds is 2. The summed E-state index contributed by atoms with van der Waals surface area (Å²) in [6.07, 6.45) is 0. The zero-order valence-electron chi connectivity index (χ0n) is 7.30. The van der Waals surface area contributed by atoms with Gasteiger partial charge in [0.2, 0.25) is 5.91 Å². The van der Waals surface area contributed by atoms with Crippen LogP contribution in [-0.2, 0) is 4.79 Å². The second kappa shape index (κ2) is 4.41. The molecule has 0 atom stereocenters. The van der Waals surface area contributed by atoms with Crippen molar-refractivity contribution in [1.29, 1.82) is 0 Å². The summed E-state index contributed by atoms with van der Waals surface area (Å²) in [5.74, 6) is -0.0939. The van der Waals surface area contributed by atoms with E-state index in [9.17, 15) is 4.79 Å². The van der Waals surface area contributed by atoms with Gasteiger partial charge in [0.25, 0.3) is 0 Å². The maximum absolute atomic E-state index is 10.7. The number of halogens is 1. The van der Waals surface area contributed by atoms with Crippen LogP contribution in [0.2, 0.25) is 0 Å². The van der Waals surface area contributed by atoms with E-state index in [0.29, 0.717) is 5.70 Å². The maximum Gasteiger partial charge on any atom is 0.221 e. The number of amides is 1. The number of benzene rings is 1. The molecule has 68 valence electrons. The summed E-state index contributed by atoms with van der Waals surface area (Å²) in [5.41, 5.74) is 1.58. The van der Waals surface area contributed by atoms with Crippen LogP contribution in [0.5, 0.6) is 0 Å². The Balaban J connectivity index is 2.78. The molecule has 3 heteroatoms. The molecule has 1 N–H and O–H groups in total. The van der Waals surface area contributed by atoms with Crippen molar-refractivity contribution in [3.63, 3.8) is 0 Å². The molecule has 2 nitrogen and oxygen atoms in total. The molecule has 1 aromatic rings. The van der Waals surface area contributed by atoms with E-state index >= 15 is 0 Å². The van der Waals surface area contributed by atoms with Crippen molar-refractivity contribution in [2.24, 2.45) is 0 Å². The summed E-state index contributed by atoms with van der Waals surface area (Å²) < 4.78 is 1.16. The van der Waals surface area contributed by atoms with E-state index in [0.717, 1.165) is 9.13 Å². The summed E-state index contributed by atoms with van der Waals surface area (Å²) >= 11 is 2.23. The Kier molecular flexibility index (Phi) is 3.48. The Morgan fingerprint density at radius 1 is 1.38 bits per heavy atom. The molecule has 0 fully saturated rings. The van der Waals surface area contributed by atoms with Crippen molar-refractivity contribution in [2.75, 3.05) is 0 Å². The minimum atomic E-state index is -0.0939. The van der Waals surface area contributed by atoms with Crippen LogP contribution in [0.4, 0.5) is 0 Å². The monoisotopic (exact) mass is 287 g/mol. The Bertz CT molecular complexity index is 329. The van der Waals surface area contributed by atoms with Crippen molar-refractivity contribution < 1.29 is 4.79 Å². The molecule has 1 rings (SSSR count). The van der Waals surface area contributed by atoms with Gasteiger partial charge in [0.1, 0.15) is 0 Å². The van der Waals surface area contributed by atoms with Crippen molar-refractivity contribution in [1.82, 2.24) is 5.32 Å². The highest BCUT2D eigenvalue weighted by atomic mass is 127. The third-order valence-electron chi connectivity index (χ3n) is 1.52. The first-order valence-corrected chi connectivity index (χ1v) is 4.90. The third kappa shape index (κ3) is 3.18. The molecule has 0 aliphatic heterocycles. The highest BCUT2D eigenvalue weighted by molar-refractivity contribution is 14.1. The van der Waals surface area contributed by atoms with Crippen LogP contribution in [0.25, 0.3) is 5.70 Å². The van der Waals surface area contributed by atoms with E-state index < -0.39 is 0 Å². The summed E-state index contributed by atoms with van der Waals surface area (Å²) in [5, 5.41) is 2.64. The van der Waals surface area contributed by atoms with Crippen molar-refractivity contribution >= 4 is 34.2 Å². The van der Waals surface area contributed by atoms with Gasteiger partial charge in [0, 0.05) is 16.2 Å². The lowest BCUT2D eigenvalue weighted by molar-refractivity contribution is -0.117. The molecule has 0 spiro atoms. The summed E-state index contributed by atoms with van der Waals surface area (Å²) in [6, 6.07) is 7.81. The molecule has 0 heterocycles. The van der Waals surface area contributed by atoms with Gasteiger partial charge in [-0.05, 0) is 40.3 Å². The van der Waals surface area contributed by atoms with E-state index in [2.05, 4.69) is 34.5 Å². The second-order valence-corrected chi connectivity index (χ2v) is 3.91. The molecule has 0 saturated heterocycles. The van der Waals surface area contributed by atoms with Gasteiger partial charge in [-0.25, -0.2) is 0 Å². The zero-order chi connectivity index (χ0) is 9.84. The lowest BCUT2D eigenvalue weighted by Crippen LogP contribution is -2.17. The van der Waals surface area contributed by atoms with Crippen molar-refractivity contribution in [3.8, 4) is 0 Å². The third-order valence-corrected chi connectivity index (χ3v) is 2.24. The Morgan fingerprint density at radius 2 is 1.92 bits per heavy atom. The minimum absolute atomic E-state index is 0.0939. The fourth-order valence-corrected chi connectivity index (χ4v) is 1.30. The smallest absolute Gasteiger partial charge is 0.221 e. The van der Waals surface area contributed by atoms with Gasteiger partial charge >= 0.3 is 0 Å². The molecule has 0 aromatic heterocycles. The average molecular weight is 287 g/mol. The summed E-state index contributed by atoms with van der Waals surface area (Å²) in [7, 11) is 0. The van der Waals surface area contributed by atoms with E-state index in [1.807, 2.05) is 24.3 Å². The van der Waals surface area contributed by atoms with Crippen LogP contribution < -0.4 is 5.32 Å². The van der Waals surface area contributed by atoms with E-state index in [4.69, 9.17) is 0 Å². The molecule has 0 saturated carbocycles. The van der Waals surface area contributed by atoms with Crippen LogP contribution in [0.3, 0.4) is 0 Å². The lowest BCUT2D eigenvalue weighted by atomic mass is 10.2. The van der Waals surface area contributed by atoms with Crippen molar-refractivity contribution in [3.05, 3.63) is 40.0 Å². The standard InChI is InChI=1S/C10H10INO/c1-7(12-8(2)13)9-3-5-10(11)6-4-9/h3-6H,1H2,2H3,(H,12,13). The number of carbonyl (C=O) groups is 1. The van der Waals surface area contributed by atoms with E-state index in [-0.39, 0.29) is 5.91 Å². The van der Waals surface area contributed by atoms with Crippen LogP contribution in [0.15, 0.2) is 30.8 Å². The Hall–Kier alpha value is -0.840. The molecule has 0 unspecified atom stereocenters. The summed E-state index contributed by atoms with van der Waals surface area (Å²) in [4.78, 5) is 10.7. The molecule has 0 bridgehead atoms. The maximum atomic E-state index is 10.7. The van der Waals surface area contributed by atoms with Gasteiger partial charge < -0.3 is 5.32 Å². The number of carbonyl (C=O) groups excluding carboxylic acids is 1. The summed E-state index contributed by atoms with van der Waals surface area (Å²) in [6.45, 7) is 5.23. The largest absolute Gasteiger partial charge is 0.326 e. The van der Waals surface area contributed by atoms with Gasteiger partial charge in [0.05, 0.1) is 0 Å². The highest BCUT2D eigenvalue weighted by Crippen LogP contribution is 2.11. The normalized spacial score (nSPS) is 9.38. The zero-order valence-corrected chi connectivity index (χ0v) is 9.46. The number of nitrogens with one attached hydrogen (secondary N) is 1. The molecule has 1 aromatic carbocycles. The topological polar surface area (TPSA) is 29.1 Å². The molecule has 13 heavy (non-hydrogen) atoms. The first-order valence-electron chi connectivity index (χ1n) is 3.82. The predicted octanol–water partition coefficient (Wildman–Crippen LogP) is 2.40. The average Bonchev–Trinajstić information content (AvgIpc) is 2.04. The fourth-order valence-electron chi connectivity index (χ4n) is 0.936. The van der Waals surface area contributed by atoms with Crippen LogP contribution >= 0.6 is 22.6 Å². The first kappa shape index (κ1) is 10.2. The number of hydrogen-bond donors (Lipinski definition) is 1. The SMILES string of the molecule is C=C(NC(C)=O)c1ccc(I)cc1. The van der Waals surface area contributed by atoms with Crippen LogP contribution in [-0.4, -0.2) is 5.91 Å². The number of hydrogen-bond acceptors (Lipinski definition) is 1. The van der Waals surface area contributed by atoms with Crippen LogP contribution in [0.1, 0.15) is 12.5 Å². The molecular weight excluding hydrogens is 277 g/mol.